The van der Waals surface area contributed by atoms with E-state index >= 15 is 0 Å². The first-order valence-corrected chi connectivity index (χ1v) is 7.09. The van der Waals surface area contributed by atoms with Crippen LogP contribution < -0.4 is 9.47 Å². The summed E-state index contributed by atoms with van der Waals surface area (Å²) in [5.41, 5.74) is 1.22. The number of aliphatic hydroxyl groups is 1. The van der Waals surface area contributed by atoms with Gasteiger partial charge < -0.3 is 14.6 Å². The lowest BCUT2D eigenvalue weighted by atomic mass is 9.99. The monoisotopic (exact) mass is 356 g/mol. The van der Waals surface area contributed by atoms with Gasteiger partial charge in [-0.25, -0.2) is 0 Å². The summed E-state index contributed by atoms with van der Waals surface area (Å²) in [6.07, 6.45) is -0.908. The summed E-state index contributed by atoms with van der Waals surface area (Å²) < 4.78 is 11.4. The molecule has 3 nitrogen and oxygen atoms in total. The third-order valence-corrected chi connectivity index (χ3v) is 3.95. The summed E-state index contributed by atoms with van der Waals surface area (Å²) in [6, 6.07) is 10.6. The van der Waals surface area contributed by atoms with Crippen molar-refractivity contribution in [1.82, 2.24) is 0 Å². The standard InChI is InChI=1S/C15H14BrClO3/c1-19-12-4-3-5-13(20-2)14(12)15(18)10-8-9(17)6-7-11(10)16/h3-8,15,18H,1-2H3. The van der Waals surface area contributed by atoms with E-state index in [1.165, 1.54) is 0 Å². The molecule has 0 heterocycles. The molecule has 0 aliphatic heterocycles. The number of aliphatic hydroxyl groups excluding tert-OH is 1. The summed E-state index contributed by atoms with van der Waals surface area (Å²) in [5, 5.41) is 11.2. The molecule has 1 N–H and O–H groups in total. The van der Waals surface area contributed by atoms with E-state index in [9.17, 15) is 5.11 Å². The zero-order valence-electron chi connectivity index (χ0n) is 11.1. The predicted octanol–water partition coefficient (Wildman–Crippen LogP) is 4.20. The molecular weight excluding hydrogens is 344 g/mol. The van der Waals surface area contributed by atoms with Gasteiger partial charge in [0.1, 0.15) is 17.6 Å². The molecule has 106 valence electrons. The van der Waals surface area contributed by atoms with E-state index in [-0.39, 0.29) is 0 Å². The smallest absolute Gasteiger partial charge is 0.128 e. The lowest BCUT2D eigenvalue weighted by Crippen LogP contribution is -2.05. The maximum atomic E-state index is 10.7. The second kappa shape index (κ2) is 6.48. The van der Waals surface area contributed by atoms with E-state index in [0.29, 0.717) is 27.6 Å². The van der Waals surface area contributed by atoms with E-state index < -0.39 is 6.10 Å². The largest absolute Gasteiger partial charge is 0.496 e. The highest BCUT2D eigenvalue weighted by molar-refractivity contribution is 9.10. The zero-order valence-corrected chi connectivity index (χ0v) is 13.4. The molecule has 0 aliphatic carbocycles. The summed E-state index contributed by atoms with van der Waals surface area (Å²) in [5.74, 6) is 1.12. The molecule has 0 amide bonds. The van der Waals surface area contributed by atoms with Crippen molar-refractivity contribution in [2.75, 3.05) is 14.2 Å². The first-order valence-electron chi connectivity index (χ1n) is 5.92. The van der Waals surface area contributed by atoms with Crippen LogP contribution in [0.25, 0.3) is 0 Å². The lowest BCUT2D eigenvalue weighted by Gasteiger charge is -2.19. The number of rotatable bonds is 4. The number of ether oxygens (including phenoxy) is 2. The Morgan fingerprint density at radius 3 is 2.25 bits per heavy atom. The summed E-state index contributed by atoms with van der Waals surface area (Å²) in [6.45, 7) is 0. The highest BCUT2D eigenvalue weighted by Crippen LogP contribution is 2.40. The Kier molecular flexibility index (Phi) is 4.91. The van der Waals surface area contributed by atoms with Crippen LogP contribution in [0.1, 0.15) is 17.2 Å². The van der Waals surface area contributed by atoms with E-state index in [4.69, 9.17) is 21.1 Å². The number of hydrogen-bond acceptors (Lipinski definition) is 3. The molecule has 5 heteroatoms. The molecule has 0 saturated heterocycles. The third-order valence-electron chi connectivity index (χ3n) is 2.99. The van der Waals surface area contributed by atoms with Crippen molar-refractivity contribution in [2.45, 2.75) is 6.10 Å². The molecule has 2 rings (SSSR count). The summed E-state index contributed by atoms with van der Waals surface area (Å²) in [7, 11) is 3.11. The van der Waals surface area contributed by atoms with Crippen molar-refractivity contribution in [2.24, 2.45) is 0 Å². The summed E-state index contributed by atoms with van der Waals surface area (Å²) in [4.78, 5) is 0. The van der Waals surface area contributed by atoms with Crippen molar-refractivity contribution < 1.29 is 14.6 Å². The SMILES string of the molecule is COc1cccc(OC)c1C(O)c1cc(Cl)ccc1Br. The van der Waals surface area contributed by atoms with Crippen LogP contribution in [0.4, 0.5) is 0 Å². The van der Waals surface area contributed by atoms with Gasteiger partial charge in [0.25, 0.3) is 0 Å². The van der Waals surface area contributed by atoms with Crippen LogP contribution in [-0.4, -0.2) is 19.3 Å². The fraction of sp³-hybridized carbons (Fsp3) is 0.200. The number of hydrogen-bond donors (Lipinski definition) is 1. The average Bonchev–Trinajstić information content (AvgIpc) is 2.48. The maximum Gasteiger partial charge on any atom is 0.128 e. The van der Waals surface area contributed by atoms with Gasteiger partial charge in [0.15, 0.2) is 0 Å². The molecule has 0 bridgehead atoms. The van der Waals surface area contributed by atoms with Gasteiger partial charge in [-0.1, -0.05) is 33.6 Å². The molecule has 2 aromatic rings. The Morgan fingerprint density at radius 2 is 1.70 bits per heavy atom. The van der Waals surface area contributed by atoms with Crippen molar-refractivity contribution >= 4 is 27.5 Å². The lowest BCUT2D eigenvalue weighted by molar-refractivity contribution is 0.208. The van der Waals surface area contributed by atoms with Gasteiger partial charge >= 0.3 is 0 Å². The first-order chi connectivity index (χ1) is 9.58. The van der Waals surface area contributed by atoms with Gasteiger partial charge in [-0.15, -0.1) is 0 Å². The second-order valence-corrected chi connectivity index (χ2v) is 5.44. The highest BCUT2D eigenvalue weighted by Gasteiger charge is 2.22. The Bertz CT molecular complexity index is 594. The minimum Gasteiger partial charge on any atom is -0.496 e. The van der Waals surface area contributed by atoms with Gasteiger partial charge in [0.2, 0.25) is 0 Å². The Hall–Kier alpha value is -1.23. The molecule has 0 aromatic heterocycles. The van der Waals surface area contributed by atoms with Crippen LogP contribution in [0.5, 0.6) is 11.5 Å². The third kappa shape index (κ3) is 2.92. The van der Waals surface area contributed by atoms with Gasteiger partial charge in [0.05, 0.1) is 19.8 Å². The normalized spacial score (nSPS) is 12.1. The van der Waals surface area contributed by atoms with E-state index in [1.54, 1.807) is 50.6 Å². The Morgan fingerprint density at radius 1 is 1.10 bits per heavy atom. The minimum absolute atomic E-state index is 0.552. The van der Waals surface area contributed by atoms with E-state index in [1.807, 2.05) is 0 Å². The molecule has 0 fully saturated rings. The number of halogens is 2. The van der Waals surface area contributed by atoms with Gasteiger partial charge in [-0.05, 0) is 30.3 Å². The van der Waals surface area contributed by atoms with Gasteiger partial charge in [0, 0.05) is 15.1 Å². The molecule has 0 aliphatic rings. The first kappa shape index (κ1) is 15.2. The van der Waals surface area contributed by atoms with Crippen molar-refractivity contribution in [3.63, 3.8) is 0 Å². The molecular formula is C15H14BrClO3. The number of benzene rings is 2. The van der Waals surface area contributed by atoms with Crippen LogP contribution in [0.2, 0.25) is 5.02 Å². The fourth-order valence-corrected chi connectivity index (χ4v) is 2.67. The van der Waals surface area contributed by atoms with Crippen molar-refractivity contribution in [3.8, 4) is 11.5 Å². The fourth-order valence-electron chi connectivity index (χ4n) is 2.03. The molecule has 0 spiro atoms. The van der Waals surface area contributed by atoms with Crippen molar-refractivity contribution in [3.05, 3.63) is 57.0 Å². The van der Waals surface area contributed by atoms with Crippen LogP contribution >= 0.6 is 27.5 Å². The molecule has 0 saturated carbocycles. The molecule has 20 heavy (non-hydrogen) atoms. The van der Waals surface area contributed by atoms with E-state index in [0.717, 1.165) is 4.47 Å². The quantitative estimate of drug-likeness (QED) is 0.891. The van der Waals surface area contributed by atoms with Crippen LogP contribution in [0, 0.1) is 0 Å². The Balaban J connectivity index is 2.58. The van der Waals surface area contributed by atoms with Crippen LogP contribution in [0.3, 0.4) is 0 Å². The average molecular weight is 358 g/mol. The molecule has 2 aromatic carbocycles. The van der Waals surface area contributed by atoms with Crippen molar-refractivity contribution in [1.29, 1.82) is 0 Å². The van der Waals surface area contributed by atoms with Gasteiger partial charge in [-0.3, -0.25) is 0 Å². The van der Waals surface area contributed by atoms with Gasteiger partial charge in [-0.2, -0.15) is 0 Å². The van der Waals surface area contributed by atoms with Crippen LogP contribution in [-0.2, 0) is 0 Å². The second-order valence-electron chi connectivity index (χ2n) is 4.14. The summed E-state index contributed by atoms with van der Waals surface area (Å²) >= 11 is 9.42. The molecule has 1 atom stereocenters. The highest BCUT2D eigenvalue weighted by atomic mass is 79.9. The topological polar surface area (TPSA) is 38.7 Å². The molecule has 0 radical (unpaired) electrons. The Labute approximate surface area is 131 Å². The van der Waals surface area contributed by atoms with Crippen LogP contribution in [0.15, 0.2) is 40.9 Å². The zero-order chi connectivity index (χ0) is 14.7. The van der Waals surface area contributed by atoms with E-state index in [2.05, 4.69) is 15.9 Å². The predicted molar refractivity (Wildman–Crippen MR) is 82.8 cm³/mol. The maximum absolute atomic E-state index is 10.7. The number of methoxy groups -OCH3 is 2. The molecule has 1 unspecified atom stereocenters. The minimum atomic E-state index is -0.908.